The molecule has 0 amide bonds. The number of hydrogen-bond donors (Lipinski definition) is 1. The molecule has 106 valence electrons. The minimum atomic E-state index is 0.305. The van der Waals surface area contributed by atoms with Crippen LogP contribution in [0.5, 0.6) is 17.2 Å². The summed E-state index contributed by atoms with van der Waals surface area (Å²) in [4.78, 5) is 0. The van der Waals surface area contributed by atoms with E-state index in [1.54, 1.807) is 26.4 Å². The highest BCUT2D eigenvalue weighted by atomic mass is 35.5. The second-order valence-electron chi connectivity index (χ2n) is 4.12. The molecule has 0 bridgehead atoms. The molecule has 0 saturated carbocycles. The lowest BCUT2D eigenvalue weighted by atomic mass is 10.2. The van der Waals surface area contributed by atoms with Gasteiger partial charge in [0.15, 0.2) is 11.5 Å². The fourth-order valence-electron chi connectivity index (χ4n) is 1.81. The van der Waals surface area contributed by atoms with Crippen LogP contribution in [0.25, 0.3) is 0 Å². The molecule has 2 N–H and O–H groups in total. The number of methoxy groups -OCH3 is 2. The summed E-state index contributed by atoms with van der Waals surface area (Å²) in [6.45, 7) is 0.305. The average molecular weight is 294 g/mol. The fraction of sp³-hybridized carbons (Fsp3) is 0.200. The van der Waals surface area contributed by atoms with Crippen molar-refractivity contribution in [2.24, 2.45) is 0 Å². The second kappa shape index (κ2) is 6.39. The summed E-state index contributed by atoms with van der Waals surface area (Å²) in [6.07, 6.45) is 0. The molecule has 0 saturated heterocycles. The molecule has 0 aliphatic carbocycles. The molecule has 2 aromatic carbocycles. The van der Waals surface area contributed by atoms with E-state index >= 15 is 0 Å². The monoisotopic (exact) mass is 293 g/mol. The maximum absolute atomic E-state index is 5.90. The largest absolute Gasteiger partial charge is 0.493 e. The van der Waals surface area contributed by atoms with Crippen molar-refractivity contribution in [2.45, 2.75) is 6.61 Å². The Bertz CT molecular complexity index is 579. The van der Waals surface area contributed by atoms with Crippen LogP contribution in [0.15, 0.2) is 36.4 Å². The van der Waals surface area contributed by atoms with Crippen molar-refractivity contribution in [1.29, 1.82) is 0 Å². The van der Waals surface area contributed by atoms with Gasteiger partial charge in [-0.25, -0.2) is 0 Å². The number of nitrogen functional groups attached to an aromatic ring is 1. The quantitative estimate of drug-likeness (QED) is 0.857. The van der Waals surface area contributed by atoms with Gasteiger partial charge in [0.25, 0.3) is 0 Å². The third kappa shape index (κ3) is 3.08. The first-order valence-electron chi connectivity index (χ1n) is 6.03. The summed E-state index contributed by atoms with van der Waals surface area (Å²) in [6, 6.07) is 10.8. The summed E-state index contributed by atoms with van der Waals surface area (Å²) >= 11 is 5.87. The molecule has 0 aliphatic rings. The van der Waals surface area contributed by atoms with Crippen LogP contribution in [0.3, 0.4) is 0 Å². The highest BCUT2D eigenvalue weighted by Crippen LogP contribution is 2.37. The van der Waals surface area contributed by atoms with E-state index in [-0.39, 0.29) is 0 Å². The van der Waals surface area contributed by atoms with Gasteiger partial charge in [-0.1, -0.05) is 23.7 Å². The predicted octanol–water partition coefficient (Wildman–Crippen LogP) is 3.52. The third-order valence-electron chi connectivity index (χ3n) is 2.86. The maximum Gasteiger partial charge on any atom is 0.203 e. The van der Waals surface area contributed by atoms with Gasteiger partial charge >= 0.3 is 0 Å². The van der Waals surface area contributed by atoms with Gasteiger partial charge in [-0.15, -0.1) is 0 Å². The number of ether oxygens (including phenoxy) is 3. The van der Waals surface area contributed by atoms with Crippen LogP contribution in [0.1, 0.15) is 5.56 Å². The molecule has 0 radical (unpaired) electrons. The number of hydrogen-bond acceptors (Lipinski definition) is 4. The first kappa shape index (κ1) is 14.3. The number of halogens is 1. The van der Waals surface area contributed by atoms with E-state index in [9.17, 15) is 0 Å². The Labute approximate surface area is 123 Å². The maximum atomic E-state index is 5.90. The molecule has 0 aromatic heterocycles. The predicted molar refractivity (Wildman–Crippen MR) is 79.7 cm³/mol. The van der Waals surface area contributed by atoms with Gasteiger partial charge in [0.1, 0.15) is 6.61 Å². The molecule has 0 heterocycles. The van der Waals surface area contributed by atoms with E-state index in [4.69, 9.17) is 31.5 Å². The summed E-state index contributed by atoms with van der Waals surface area (Å²) < 4.78 is 16.3. The Morgan fingerprint density at radius 2 is 1.70 bits per heavy atom. The van der Waals surface area contributed by atoms with Crippen molar-refractivity contribution in [3.63, 3.8) is 0 Å². The molecule has 0 unspecified atom stereocenters. The second-order valence-corrected chi connectivity index (χ2v) is 4.56. The number of nitrogens with two attached hydrogens (primary N) is 1. The molecule has 0 aliphatic heterocycles. The van der Waals surface area contributed by atoms with E-state index in [0.29, 0.717) is 34.6 Å². The molecule has 5 heteroatoms. The molecule has 2 rings (SSSR count). The van der Waals surface area contributed by atoms with Crippen molar-refractivity contribution in [3.05, 3.63) is 47.0 Å². The topological polar surface area (TPSA) is 53.7 Å². The first-order chi connectivity index (χ1) is 9.65. The zero-order chi connectivity index (χ0) is 14.5. The van der Waals surface area contributed by atoms with Gasteiger partial charge in [0.05, 0.1) is 14.2 Å². The van der Waals surface area contributed by atoms with Gasteiger partial charge in [-0.2, -0.15) is 0 Å². The molecule has 4 nitrogen and oxygen atoms in total. The van der Waals surface area contributed by atoms with E-state index in [2.05, 4.69) is 0 Å². The standard InChI is InChI=1S/C15H16ClNO3/c1-18-13-4-3-5-14(19-2)15(13)20-9-10-6-7-11(16)8-12(10)17/h3-8H,9,17H2,1-2H3. The van der Waals surface area contributed by atoms with Crippen molar-refractivity contribution in [1.82, 2.24) is 0 Å². The van der Waals surface area contributed by atoms with Gasteiger partial charge in [0, 0.05) is 16.3 Å². The van der Waals surface area contributed by atoms with Gasteiger partial charge in [0.2, 0.25) is 5.75 Å². The van der Waals surface area contributed by atoms with Gasteiger partial charge < -0.3 is 19.9 Å². The van der Waals surface area contributed by atoms with E-state index < -0.39 is 0 Å². The number of benzene rings is 2. The zero-order valence-electron chi connectivity index (χ0n) is 11.4. The normalized spacial score (nSPS) is 10.2. The van der Waals surface area contributed by atoms with E-state index in [1.807, 2.05) is 24.3 Å². The summed E-state index contributed by atoms with van der Waals surface area (Å²) in [5, 5.41) is 0.598. The summed E-state index contributed by atoms with van der Waals surface area (Å²) in [5.41, 5.74) is 7.34. The number of para-hydroxylation sites is 1. The van der Waals surface area contributed by atoms with Crippen LogP contribution < -0.4 is 19.9 Å². The van der Waals surface area contributed by atoms with Crippen molar-refractivity contribution in [2.75, 3.05) is 20.0 Å². The summed E-state index contributed by atoms with van der Waals surface area (Å²) in [7, 11) is 3.16. The molecule has 0 fully saturated rings. The molecular formula is C15H16ClNO3. The minimum absolute atomic E-state index is 0.305. The van der Waals surface area contributed by atoms with Crippen LogP contribution in [0.2, 0.25) is 5.02 Å². The van der Waals surface area contributed by atoms with Crippen LogP contribution >= 0.6 is 11.6 Å². The van der Waals surface area contributed by atoms with Crippen LogP contribution in [-0.2, 0) is 6.61 Å². The Morgan fingerprint density at radius 3 is 2.25 bits per heavy atom. The van der Waals surface area contributed by atoms with Gasteiger partial charge in [-0.3, -0.25) is 0 Å². The van der Waals surface area contributed by atoms with Crippen molar-refractivity contribution in [3.8, 4) is 17.2 Å². The molecule has 2 aromatic rings. The Morgan fingerprint density at radius 1 is 1.05 bits per heavy atom. The van der Waals surface area contributed by atoms with Crippen LogP contribution in [0.4, 0.5) is 5.69 Å². The molecule has 0 atom stereocenters. The molecule has 0 spiro atoms. The Hall–Kier alpha value is -2.07. The third-order valence-corrected chi connectivity index (χ3v) is 3.10. The zero-order valence-corrected chi connectivity index (χ0v) is 12.1. The number of anilines is 1. The lowest BCUT2D eigenvalue weighted by Gasteiger charge is -2.14. The Balaban J connectivity index is 2.22. The number of rotatable bonds is 5. The highest BCUT2D eigenvalue weighted by molar-refractivity contribution is 6.30. The van der Waals surface area contributed by atoms with Gasteiger partial charge in [-0.05, 0) is 24.3 Å². The Kier molecular flexibility index (Phi) is 4.58. The fourth-order valence-corrected chi connectivity index (χ4v) is 1.99. The van der Waals surface area contributed by atoms with Crippen molar-refractivity contribution < 1.29 is 14.2 Å². The molecular weight excluding hydrogens is 278 g/mol. The van der Waals surface area contributed by atoms with Crippen LogP contribution in [-0.4, -0.2) is 14.2 Å². The van der Waals surface area contributed by atoms with E-state index in [1.165, 1.54) is 0 Å². The first-order valence-corrected chi connectivity index (χ1v) is 6.41. The van der Waals surface area contributed by atoms with E-state index in [0.717, 1.165) is 5.56 Å². The summed E-state index contributed by atoms with van der Waals surface area (Å²) in [5.74, 6) is 1.76. The lowest BCUT2D eigenvalue weighted by Crippen LogP contribution is -2.02. The smallest absolute Gasteiger partial charge is 0.203 e. The average Bonchev–Trinajstić information content (AvgIpc) is 2.46. The van der Waals surface area contributed by atoms with Crippen LogP contribution in [0, 0.1) is 0 Å². The lowest BCUT2D eigenvalue weighted by molar-refractivity contribution is 0.266. The highest BCUT2D eigenvalue weighted by Gasteiger charge is 2.12. The van der Waals surface area contributed by atoms with Crippen molar-refractivity contribution >= 4 is 17.3 Å². The SMILES string of the molecule is COc1cccc(OC)c1OCc1ccc(Cl)cc1N. The molecule has 20 heavy (non-hydrogen) atoms. The minimum Gasteiger partial charge on any atom is -0.493 e.